The van der Waals surface area contributed by atoms with E-state index in [4.69, 9.17) is 5.11 Å². The highest BCUT2D eigenvalue weighted by atomic mass is 16.4. The first-order valence-corrected chi connectivity index (χ1v) is 15.0. The number of aromatic nitrogens is 1. The number of fused-ring (bicyclic) bond motifs is 4. The Labute approximate surface area is 238 Å². The van der Waals surface area contributed by atoms with Gasteiger partial charge in [-0.1, -0.05) is 81.8 Å². The molecule has 4 aromatic rings. The van der Waals surface area contributed by atoms with Crippen molar-refractivity contribution >= 4 is 33.3 Å². The molecule has 0 radical (unpaired) electrons. The molecular weight excluding hydrogens is 490 g/mol. The smallest absolute Gasteiger partial charge is 0.303 e. The quantitative estimate of drug-likeness (QED) is 0.258. The standard InChI is InChI=1S/C37H41NO2/c1-5-37(4)22-21-36(2,3)31-19-15-27(23-32(31)37)34-24-30-29-11-7-6-10-26(29)16-20-33(30)38(34)28-17-13-25(14-18-28)9-8-12-35(39)40/h6-7,10-11,13,15-17,19-20,23-24H,5,8-9,12,14,18,21-22H2,1-4H3,(H,39,40). The van der Waals surface area contributed by atoms with E-state index in [1.807, 2.05) is 0 Å². The van der Waals surface area contributed by atoms with Gasteiger partial charge >= 0.3 is 5.97 Å². The molecule has 1 unspecified atom stereocenters. The molecule has 0 aliphatic heterocycles. The van der Waals surface area contributed by atoms with Crippen LogP contribution in [-0.4, -0.2) is 15.6 Å². The van der Waals surface area contributed by atoms with E-state index in [2.05, 4.69) is 105 Å². The molecule has 3 aromatic carbocycles. The average molecular weight is 532 g/mol. The van der Waals surface area contributed by atoms with Gasteiger partial charge in [-0.2, -0.15) is 0 Å². The van der Waals surface area contributed by atoms with Crippen molar-refractivity contribution in [3.05, 3.63) is 89.5 Å². The van der Waals surface area contributed by atoms with Gasteiger partial charge < -0.3 is 9.67 Å². The van der Waals surface area contributed by atoms with Crippen molar-refractivity contribution in [1.29, 1.82) is 0 Å². The zero-order chi connectivity index (χ0) is 28.1. The summed E-state index contributed by atoms with van der Waals surface area (Å²) in [4.78, 5) is 11.0. The van der Waals surface area contributed by atoms with Crippen molar-refractivity contribution in [2.45, 2.75) is 89.9 Å². The van der Waals surface area contributed by atoms with Gasteiger partial charge in [0.2, 0.25) is 0 Å². The average Bonchev–Trinajstić information content (AvgIpc) is 3.36. The van der Waals surface area contributed by atoms with Gasteiger partial charge in [0.25, 0.3) is 0 Å². The number of allylic oxidation sites excluding steroid dienone is 4. The normalized spacial score (nSPS) is 20.3. The molecule has 6 rings (SSSR count). The van der Waals surface area contributed by atoms with Gasteiger partial charge in [0.15, 0.2) is 0 Å². The molecule has 1 aromatic heterocycles. The second kappa shape index (κ2) is 10.1. The number of aliphatic carboxylic acids is 1. The van der Waals surface area contributed by atoms with Crippen LogP contribution in [0.1, 0.15) is 90.2 Å². The highest BCUT2D eigenvalue weighted by molar-refractivity contribution is 6.09. The summed E-state index contributed by atoms with van der Waals surface area (Å²) in [5.41, 5.74) is 9.86. The van der Waals surface area contributed by atoms with E-state index in [1.54, 1.807) is 0 Å². The maximum Gasteiger partial charge on any atom is 0.303 e. The highest BCUT2D eigenvalue weighted by Gasteiger charge is 2.39. The number of rotatable bonds is 7. The number of nitrogens with zero attached hydrogens (tertiary/aromatic N) is 1. The first-order valence-electron chi connectivity index (χ1n) is 15.0. The highest BCUT2D eigenvalue weighted by Crippen LogP contribution is 2.49. The SMILES string of the molecule is CCC1(C)CCC(C)(C)c2ccc(-c3cc4c5ccccc5ccc4n3C3=CC=C(CCCC(=O)O)CC3)cc21. The van der Waals surface area contributed by atoms with Crippen molar-refractivity contribution < 1.29 is 9.90 Å². The fourth-order valence-corrected chi connectivity index (χ4v) is 7.03. The van der Waals surface area contributed by atoms with Crippen LogP contribution in [0.15, 0.2) is 78.4 Å². The van der Waals surface area contributed by atoms with Gasteiger partial charge in [-0.15, -0.1) is 0 Å². The number of carboxylic acids is 1. The van der Waals surface area contributed by atoms with E-state index >= 15 is 0 Å². The van der Waals surface area contributed by atoms with Crippen molar-refractivity contribution in [2.75, 3.05) is 0 Å². The van der Waals surface area contributed by atoms with E-state index in [9.17, 15) is 4.79 Å². The van der Waals surface area contributed by atoms with Crippen molar-refractivity contribution in [3.63, 3.8) is 0 Å². The molecule has 0 saturated carbocycles. The summed E-state index contributed by atoms with van der Waals surface area (Å²) in [5, 5.41) is 12.9. The Bertz CT molecular complexity index is 1680. The number of hydrogen-bond acceptors (Lipinski definition) is 1. The van der Waals surface area contributed by atoms with E-state index in [-0.39, 0.29) is 17.3 Å². The fourth-order valence-electron chi connectivity index (χ4n) is 7.03. The summed E-state index contributed by atoms with van der Waals surface area (Å²) in [6.45, 7) is 9.59. The Morgan fingerprint density at radius 3 is 2.48 bits per heavy atom. The topological polar surface area (TPSA) is 42.2 Å². The molecule has 0 bridgehead atoms. The molecule has 2 aliphatic rings. The second-order valence-electron chi connectivity index (χ2n) is 12.9. The molecule has 1 N–H and O–H groups in total. The van der Waals surface area contributed by atoms with E-state index in [0.717, 1.165) is 25.7 Å². The number of benzene rings is 3. The molecular formula is C37H41NO2. The summed E-state index contributed by atoms with van der Waals surface area (Å²) in [5.74, 6) is -0.712. The lowest BCUT2D eigenvalue weighted by atomic mass is 9.61. The first kappa shape index (κ1) is 26.6. The zero-order valence-corrected chi connectivity index (χ0v) is 24.4. The van der Waals surface area contributed by atoms with Crippen LogP contribution in [-0.2, 0) is 15.6 Å². The molecule has 1 heterocycles. The summed E-state index contributed by atoms with van der Waals surface area (Å²) >= 11 is 0. The van der Waals surface area contributed by atoms with Gasteiger partial charge in [-0.05, 0) is 108 Å². The zero-order valence-electron chi connectivity index (χ0n) is 24.4. The van der Waals surface area contributed by atoms with Crippen LogP contribution >= 0.6 is 0 Å². The van der Waals surface area contributed by atoms with Crippen LogP contribution in [0.2, 0.25) is 0 Å². The molecule has 0 spiro atoms. The minimum Gasteiger partial charge on any atom is -0.481 e. The van der Waals surface area contributed by atoms with Crippen LogP contribution in [0, 0.1) is 0 Å². The molecule has 40 heavy (non-hydrogen) atoms. The molecule has 3 heteroatoms. The van der Waals surface area contributed by atoms with Gasteiger partial charge in [0.1, 0.15) is 0 Å². The van der Waals surface area contributed by atoms with Gasteiger partial charge in [-0.3, -0.25) is 4.79 Å². The van der Waals surface area contributed by atoms with Crippen LogP contribution < -0.4 is 0 Å². The first-order chi connectivity index (χ1) is 19.2. The van der Waals surface area contributed by atoms with Gasteiger partial charge in [0.05, 0.1) is 11.2 Å². The second-order valence-corrected chi connectivity index (χ2v) is 12.9. The number of hydrogen-bond donors (Lipinski definition) is 1. The molecule has 3 nitrogen and oxygen atoms in total. The Balaban J connectivity index is 1.52. The molecule has 1 atom stereocenters. The molecule has 0 amide bonds. The van der Waals surface area contributed by atoms with Gasteiger partial charge in [-0.25, -0.2) is 0 Å². The predicted molar refractivity (Wildman–Crippen MR) is 168 cm³/mol. The maximum absolute atomic E-state index is 11.0. The third kappa shape index (κ3) is 4.60. The molecule has 0 saturated heterocycles. The van der Waals surface area contributed by atoms with Crippen LogP contribution in [0.4, 0.5) is 0 Å². The summed E-state index contributed by atoms with van der Waals surface area (Å²) in [6, 6.07) is 22.9. The lowest BCUT2D eigenvalue weighted by Gasteiger charge is -2.43. The largest absolute Gasteiger partial charge is 0.481 e. The summed E-state index contributed by atoms with van der Waals surface area (Å²) in [7, 11) is 0. The van der Waals surface area contributed by atoms with Crippen LogP contribution in [0.25, 0.3) is 38.6 Å². The number of carboxylic acid groups (broad SMARTS) is 1. The molecule has 206 valence electrons. The van der Waals surface area contributed by atoms with E-state index in [1.165, 1.54) is 68.2 Å². The third-order valence-electron chi connectivity index (χ3n) is 9.88. The summed E-state index contributed by atoms with van der Waals surface area (Å²) < 4.78 is 2.49. The maximum atomic E-state index is 11.0. The lowest BCUT2D eigenvalue weighted by Crippen LogP contribution is -2.35. The molecule has 0 fully saturated rings. The Kier molecular flexibility index (Phi) is 6.73. The fraction of sp³-hybridized carbons (Fsp3) is 0.378. The van der Waals surface area contributed by atoms with Crippen molar-refractivity contribution in [1.82, 2.24) is 4.57 Å². The third-order valence-corrected chi connectivity index (χ3v) is 9.88. The Morgan fingerprint density at radius 2 is 1.73 bits per heavy atom. The predicted octanol–water partition coefficient (Wildman–Crippen LogP) is 10.0. The minimum absolute atomic E-state index is 0.194. The minimum atomic E-state index is -0.712. The number of carbonyl (C=O) groups is 1. The Morgan fingerprint density at radius 1 is 0.900 bits per heavy atom. The monoisotopic (exact) mass is 531 g/mol. The Hall–Kier alpha value is -3.59. The van der Waals surface area contributed by atoms with Gasteiger partial charge in [0, 0.05) is 17.5 Å². The molecule has 2 aliphatic carbocycles. The van der Waals surface area contributed by atoms with Crippen LogP contribution in [0.5, 0.6) is 0 Å². The van der Waals surface area contributed by atoms with Crippen LogP contribution in [0.3, 0.4) is 0 Å². The lowest BCUT2D eigenvalue weighted by molar-refractivity contribution is -0.137. The van der Waals surface area contributed by atoms with Crippen molar-refractivity contribution in [3.8, 4) is 11.3 Å². The summed E-state index contributed by atoms with van der Waals surface area (Å²) in [6.07, 6.45) is 11.8. The van der Waals surface area contributed by atoms with Crippen molar-refractivity contribution in [2.24, 2.45) is 0 Å². The van der Waals surface area contributed by atoms with E-state index in [0.29, 0.717) is 6.42 Å². The van der Waals surface area contributed by atoms with E-state index < -0.39 is 5.97 Å².